The van der Waals surface area contributed by atoms with E-state index in [1.165, 1.54) is 21.6 Å². The van der Waals surface area contributed by atoms with Gasteiger partial charge in [-0.05, 0) is 37.9 Å². The molecular weight excluding hydrogens is 388 g/mol. The van der Waals surface area contributed by atoms with Gasteiger partial charge in [0.15, 0.2) is 0 Å². The highest BCUT2D eigenvalue weighted by Crippen LogP contribution is 2.40. The van der Waals surface area contributed by atoms with Crippen LogP contribution < -0.4 is 11.1 Å². The molecule has 1 unspecified atom stereocenters. The Morgan fingerprint density at radius 3 is 2.79 bits per heavy atom. The summed E-state index contributed by atoms with van der Waals surface area (Å²) in [6.07, 6.45) is 5.46. The van der Waals surface area contributed by atoms with Gasteiger partial charge in [-0.3, -0.25) is 24.0 Å². The van der Waals surface area contributed by atoms with E-state index in [-0.39, 0.29) is 12.0 Å². The van der Waals surface area contributed by atoms with E-state index in [9.17, 15) is 9.59 Å². The highest BCUT2D eigenvalue weighted by Gasteiger charge is 2.47. The number of thiazole rings is 1. The Balaban J connectivity index is 1.46. The van der Waals surface area contributed by atoms with Gasteiger partial charge in [0.05, 0.1) is 17.2 Å². The van der Waals surface area contributed by atoms with Crippen molar-refractivity contribution in [3.63, 3.8) is 0 Å². The Morgan fingerprint density at radius 2 is 2.03 bits per heavy atom. The molecule has 2 aliphatic heterocycles. The molecule has 5 heterocycles. The summed E-state index contributed by atoms with van der Waals surface area (Å²) in [6.45, 7) is 5.33. The molecular formula is C20H22N6O2S. The second kappa shape index (κ2) is 7.00. The van der Waals surface area contributed by atoms with Crippen molar-refractivity contribution in [2.45, 2.75) is 44.8 Å². The summed E-state index contributed by atoms with van der Waals surface area (Å²) in [6, 6.07) is 4.03. The molecule has 5 rings (SSSR count). The van der Waals surface area contributed by atoms with Crippen LogP contribution in [0.4, 0.5) is 0 Å². The van der Waals surface area contributed by atoms with E-state index >= 15 is 0 Å². The zero-order chi connectivity index (χ0) is 20.0. The second-order valence-corrected chi connectivity index (χ2v) is 9.02. The van der Waals surface area contributed by atoms with Gasteiger partial charge in [0.2, 0.25) is 0 Å². The standard InChI is InChI=1S/C20H22N6O2S/c1-14-22-16(12-29-14)11-26-18(28)17(27)25-8-5-20(19(25)23-26)4-7-24(13-20)10-15-3-2-6-21-9-15/h2-3,6,9,12H,4-5,7-8,10-11,13H2,1H3. The van der Waals surface area contributed by atoms with Gasteiger partial charge in [-0.15, -0.1) is 11.3 Å². The number of aromatic nitrogens is 5. The van der Waals surface area contributed by atoms with E-state index in [2.05, 4.69) is 26.0 Å². The van der Waals surface area contributed by atoms with Gasteiger partial charge < -0.3 is 0 Å². The van der Waals surface area contributed by atoms with Crippen LogP contribution in [0.15, 0.2) is 39.5 Å². The van der Waals surface area contributed by atoms with Gasteiger partial charge in [-0.25, -0.2) is 9.67 Å². The fourth-order valence-corrected chi connectivity index (χ4v) is 5.15. The normalized spacial score (nSPS) is 21.1. The lowest BCUT2D eigenvalue weighted by Crippen LogP contribution is -2.45. The van der Waals surface area contributed by atoms with Crippen LogP contribution in [0.25, 0.3) is 0 Å². The van der Waals surface area contributed by atoms with E-state index in [1.807, 2.05) is 24.6 Å². The number of pyridine rings is 1. The summed E-state index contributed by atoms with van der Waals surface area (Å²) < 4.78 is 2.90. The average Bonchev–Trinajstić information content (AvgIpc) is 3.41. The predicted molar refractivity (Wildman–Crippen MR) is 109 cm³/mol. The first-order valence-electron chi connectivity index (χ1n) is 9.79. The summed E-state index contributed by atoms with van der Waals surface area (Å²) in [4.78, 5) is 36.3. The first-order chi connectivity index (χ1) is 14.0. The molecule has 2 aliphatic rings. The number of nitrogens with zero attached hydrogens (tertiary/aromatic N) is 6. The van der Waals surface area contributed by atoms with Crippen LogP contribution in [-0.4, -0.2) is 42.3 Å². The molecule has 0 radical (unpaired) electrons. The fourth-order valence-electron chi connectivity index (χ4n) is 4.54. The molecule has 1 saturated heterocycles. The van der Waals surface area contributed by atoms with E-state index in [0.29, 0.717) is 6.54 Å². The highest BCUT2D eigenvalue weighted by molar-refractivity contribution is 7.09. The maximum absolute atomic E-state index is 12.7. The lowest BCUT2D eigenvalue weighted by atomic mass is 9.85. The molecule has 0 aliphatic carbocycles. The number of likely N-dealkylation sites (tertiary alicyclic amines) is 1. The Morgan fingerprint density at radius 1 is 1.17 bits per heavy atom. The van der Waals surface area contributed by atoms with Crippen molar-refractivity contribution in [3.05, 3.63) is 72.7 Å². The Labute approximate surface area is 171 Å². The quantitative estimate of drug-likeness (QED) is 0.600. The first kappa shape index (κ1) is 18.4. The molecule has 0 N–H and O–H groups in total. The van der Waals surface area contributed by atoms with Crippen LogP contribution in [0.1, 0.15) is 34.9 Å². The SMILES string of the molecule is Cc1nc(Cn2nc3n(c(=O)c2=O)CCC32CCN(Cc3cccnc3)C2)cs1. The summed E-state index contributed by atoms with van der Waals surface area (Å²) in [5.74, 6) is 0.753. The minimum absolute atomic E-state index is 0.172. The summed E-state index contributed by atoms with van der Waals surface area (Å²) in [5.41, 5.74) is 0.737. The lowest BCUT2D eigenvalue weighted by molar-refractivity contribution is 0.297. The Kier molecular flexibility index (Phi) is 4.44. The molecule has 150 valence electrons. The average molecular weight is 411 g/mol. The zero-order valence-corrected chi connectivity index (χ0v) is 17.1. The molecule has 0 bridgehead atoms. The minimum Gasteiger partial charge on any atom is -0.298 e. The van der Waals surface area contributed by atoms with Gasteiger partial charge in [0.25, 0.3) is 0 Å². The van der Waals surface area contributed by atoms with Crippen molar-refractivity contribution in [1.82, 2.24) is 29.2 Å². The topological polar surface area (TPSA) is 85.9 Å². The van der Waals surface area contributed by atoms with Gasteiger partial charge in [0.1, 0.15) is 5.82 Å². The van der Waals surface area contributed by atoms with Gasteiger partial charge in [-0.2, -0.15) is 5.10 Å². The number of rotatable bonds is 4. The monoisotopic (exact) mass is 410 g/mol. The number of fused-ring (bicyclic) bond motifs is 2. The molecule has 0 saturated carbocycles. The third-order valence-corrected chi connectivity index (χ3v) is 6.78. The molecule has 0 aromatic carbocycles. The minimum atomic E-state index is -0.568. The first-order valence-corrected chi connectivity index (χ1v) is 10.7. The van der Waals surface area contributed by atoms with Crippen molar-refractivity contribution < 1.29 is 0 Å². The van der Waals surface area contributed by atoms with Gasteiger partial charge in [-0.1, -0.05) is 6.07 Å². The lowest BCUT2D eigenvalue weighted by Gasteiger charge is -2.23. The largest absolute Gasteiger partial charge is 0.332 e. The van der Waals surface area contributed by atoms with Crippen LogP contribution in [-0.2, 0) is 25.0 Å². The molecule has 1 fully saturated rings. The Hall–Kier alpha value is -2.65. The van der Waals surface area contributed by atoms with E-state index in [4.69, 9.17) is 0 Å². The summed E-state index contributed by atoms with van der Waals surface area (Å²) in [5, 5.41) is 7.53. The van der Waals surface area contributed by atoms with Crippen LogP contribution >= 0.6 is 11.3 Å². The van der Waals surface area contributed by atoms with Crippen molar-refractivity contribution in [2.24, 2.45) is 0 Å². The van der Waals surface area contributed by atoms with Crippen molar-refractivity contribution >= 4 is 11.3 Å². The summed E-state index contributed by atoms with van der Waals surface area (Å²) >= 11 is 1.53. The van der Waals surface area contributed by atoms with Gasteiger partial charge >= 0.3 is 11.1 Å². The zero-order valence-electron chi connectivity index (χ0n) is 16.2. The van der Waals surface area contributed by atoms with Crippen LogP contribution in [0.5, 0.6) is 0 Å². The number of hydrogen-bond donors (Lipinski definition) is 0. The molecule has 8 nitrogen and oxygen atoms in total. The smallest absolute Gasteiger partial charge is 0.298 e. The van der Waals surface area contributed by atoms with Crippen molar-refractivity contribution in [3.8, 4) is 0 Å². The number of aryl methyl sites for hydroxylation is 1. The molecule has 0 amide bonds. The maximum atomic E-state index is 12.7. The molecule has 3 aromatic heterocycles. The molecule has 9 heteroatoms. The maximum Gasteiger partial charge on any atom is 0.332 e. The van der Waals surface area contributed by atoms with Crippen molar-refractivity contribution in [2.75, 3.05) is 13.1 Å². The summed E-state index contributed by atoms with van der Waals surface area (Å²) in [7, 11) is 0. The van der Waals surface area contributed by atoms with E-state index in [0.717, 1.165) is 49.0 Å². The molecule has 1 atom stereocenters. The van der Waals surface area contributed by atoms with E-state index in [1.54, 1.807) is 10.8 Å². The third-order valence-electron chi connectivity index (χ3n) is 5.96. The fraction of sp³-hybridized carbons (Fsp3) is 0.450. The number of hydrogen-bond acceptors (Lipinski definition) is 7. The Bertz CT molecular complexity index is 1170. The third kappa shape index (κ3) is 3.24. The van der Waals surface area contributed by atoms with Crippen LogP contribution in [0.3, 0.4) is 0 Å². The van der Waals surface area contributed by atoms with Crippen LogP contribution in [0, 0.1) is 6.92 Å². The molecule has 1 spiro atoms. The second-order valence-electron chi connectivity index (χ2n) is 7.95. The molecule has 3 aromatic rings. The predicted octanol–water partition coefficient (Wildman–Crippen LogP) is 1.16. The van der Waals surface area contributed by atoms with Gasteiger partial charge in [0, 0.05) is 42.8 Å². The van der Waals surface area contributed by atoms with Crippen LogP contribution in [0.2, 0.25) is 0 Å². The van der Waals surface area contributed by atoms with Crippen molar-refractivity contribution in [1.29, 1.82) is 0 Å². The molecule has 29 heavy (non-hydrogen) atoms. The highest BCUT2D eigenvalue weighted by atomic mass is 32.1. The van der Waals surface area contributed by atoms with E-state index < -0.39 is 11.1 Å².